The number of nitrogens with zero attached hydrogens (tertiary/aromatic N) is 4. The van der Waals surface area contributed by atoms with Gasteiger partial charge in [0.2, 0.25) is 5.95 Å². The van der Waals surface area contributed by atoms with Crippen molar-refractivity contribution in [2.75, 3.05) is 23.3 Å². The molecule has 166 valence electrons. The zero-order valence-corrected chi connectivity index (χ0v) is 19.7. The van der Waals surface area contributed by atoms with Gasteiger partial charge in [-0.05, 0) is 39.2 Å². The molecule has 0 aromatic carbocycles. The predicted octanol–water partition coefficient (Wildman–Crippen LogP) is 4.83. The Labute approximate surface area is 186 Å². The fraction of sp³-hybridized carbons (Fsp3) is 0.500. The number of carboxylic acid groups (broad SMARTS) is 1. The summed E-state index contributed by atoms with van der Waals surface area (Å²) in [4.78, 5) is 41.1. The van der Waals surface area contributed by atoms with Crippen LogP contribution in [0.3, 0.4) is 0 Å². The van der Waals surface area contributed by atoms with Crippen LogP contribution in [0.15, 0.2) is 16.3 Å². The number of allylic oxidation sites excluding steroid dienone is 2. The summed E-state index contributed by atoms with van der Waals surface area (Å²) in [5, 5.41) is 13.2. The van der Waals surface area contributed by atoms with Crippen LogP contribution in [0.25, 0.3) is 10.2 Å². The first-order chi connectivity index (χ1) is 14.7. The number of hydrogen-bond donors (Lipinski definition) is 2. The number of hydrogen-bond acceptors (Lipinski definition) is 7. The average Bonchev–Trinajstić information content (AvgIpc) is 3.11. The monoisotopic (exact) mass is 443 g/mol. The fourth-order valence-electron chi connectivity index (χ4n) is 3.74. The summed E-state index contributed by atoms with van der Waals surface area (Å²) in [6.07, 6.45) is 1.80. The first kappa shape index (κ1) is 22.9. The number of carbonyl (C=O) groups excluding carboxylic acids is 1. The van der Waals surface area contributed by atoms with Crippen molar-refractivity contribution in [1.29, 1.82) is 0 Å². The van der Waals surface area contributed by atoms with Crippen LogP contribution >= 0.6 is 11.3 Å². The second-order valence-corrected chi connectivity index (χ2v) is 8.92. The van der Waals surface area contributed by atoms with E-state index in [1.54, 1.807) is 6.92 Å². The molecule has 0 saturated carbocycles. The van der Waals surface area contributed by atoms with Crippen LogP contribution in [0, 0.1) is 0 Å². The van der Waals surface area contributed by atoms with Crippen molar-refractivity contribution in [3.8, 4) is 0 Å². The van der Waals surface area contributed by atoms with Gasteiger partial charge in [0.25, 0.3) is 5.91 Å². The van der Waals surface area contributed by atoms with Gasteiger partial charge in [-0.1, -0.05) is 26.3 Å². The van der Waals surface area contributed by atoms with E-state index >= 15 is 0 Å². The minimum absolute atomic E-state index is 0.0638. The van der Waals surface area contributed by atoms with Crippen LogP contribution in [0.1, 0.15) is 75.5 Å². The van der Waals surface area contributed by atoms with Gasteiger partial charge in [-0.25, -0.2) is 9.78 Å². The maximum Gasteiger partial charge on any atom is 0.346 e. The zero-order chi connectivity index (χ0) is 22.9. The number of rotatable bonds is 7. The smallest absolute Gasteiger partial charge is 0.346 e. The van der Waals surface area contributed by atoms with Crippen LogP contribution < -0.4 is 10.2 Å². The summed E-state index contributed by atoms with van der Waals surface area (Å²) >= 11 is 1.14. The number of thiophene rings is 1. The van der Waals surface area contributed by atoms with E-state index in [2.05, 4.69) is 32.1 Å². The third kappa shape index (κ3) is 4.46. The second-order valence-electron chi connectivity index (χ2n) is 7.92. The van der Waals surface area contributed by atoms with Gasteiger partial charge in [0, 0.05) is 24.7 Å². The SMILES string of the molecule is CCCN1CC(C)c2c(C(=O)O)sc3nc(NC(=O)/C(C)=N/C(C)=C(\C)CC)nc1c23. The van der Waals surface area contributed by atoms with Gasteiger partial charge in [0.1, 0.15) is 21.2 Å². The van der Waals surface area contributed by atoms with Crippen molar-refractivity contribution in [3.05, 3.63) is 21.7 Å². The average molecular weight is 444 g/mol. The molecule has 2 aromatic rings. The van der Waals surface area contributed by atoms with Gasteiger partial charge in [-0.2, -0.15) is 4.98 Å². The van der Waals surface area contributed by atoms with Crippen LogP contribution in [0.5, 0.6) is 0 Å². The number of aromatic carboxylic acids is 1. The molecule has 0 spiro atoms. The lowest BCUT2D eigenvalue weighted by atomic mass is 9.94. The van der Waals surface area contributed by atoms with E-state index in [-0.39, 0.29) is 17.8 Å². The van der Waals surface area contributed by atoms with Crippen LogP contribution in [-0.2, 0) is 4.79 Å². The molecular formula is C22H29N5O3S. The zero-order valence-electron chi connectivity index (χ0n) is 18.9. The molecule has 1 unspecified atom stereocenters. The molecule has 1 amide bonds. The summed E-state index contributed by atoms with van der Waals surface area (Å²) in [5.74, 6) is -0.421. The standard InChI is InChI=1S/C22H29N5O3S/c1-7-9-27-10-12(4)15-16-18(27)24-22(26-20(16)31-17(15)21(29)30)25-19(28)14(6)23-13(5)11(3)8-2/h12H,7-10H2,1-6H3,(H,29,30)(H,24,25,26,28)/b13-11+,23-14+. The normalized spacial score (nSPS) is 17.0. The van der Waals surface area contributed by atoms with Crippen molar-refractivity contribution < 1.29 is 14.7 Å². The molecule has 0 radical (unpaired) electrons. The summed E-state index contributed by atoms with van der Waals surface area (Å²) in [6.45, 7) is 13.2. The largest absolute Gasteiger partial charge is 0.477 e. The Balaban J connectivity index is 2.05. The van der Waals surface area contributed by atoms with E-state index in [0.717, 1.165) is 52.9 Å². The van der Waals surface area contributed by atoms with Crippen LogP contribution in [0.2, 0.25) is 0 Å². The third-order valence-electron chi connectivity index (χ3n) is 5.58. The Morgan fingerprint density at radius 3 is 2.58 bits per heavy atom. The first-order valence-corrected chi connectivity index (χ1v) is 11.3. The molecule has 2 aromatic heterocycles. The van der Waals surface area contributed by atoms with Gasteiger partial charge in [-0.3, -0.25) is 15.1 Å². The highest BCUT2D eigenvalue weighted by molar-refractivity contribution is 7.20. The number of aromatic nitrogens is 2. The first-order valence-electron chi connectivity index (χ1n) is 10.5. The molecule has 0 saturated heterocycles. The molecule has 1 aliphatic rings. The Hall–Kier alpha value is -2.81. The van der Waals surface area contributed by atoms with Crippen molar-refractivity contribution >= 4 is 50.9 Å². The van der Waals surface area contributed by atoms with Crippen LogP contribution in [0.4, 0.5) is 11.8 Å². The van der Waals surface area contributed by atoms with E-state index in [9.17, 15) is 14.7 Å². The molecule has 1 aliphatic heterocycles. The molecule has 3 rings (SSSR count). The van der Waals surface area contributed by atoms with Gasteiger partial charge >= 0.3 is 5.97 Å². The van der Waals surface area contributed by atoms with Crippen molar-refractivity contribution in [1.82, 2.24) is 9.97 Å². The van der Waals surface area contributed by atoms with E-state index in [4.69, 9.17) is 0 Å². The summed E-state index contributed by atoms with van der Waals surface area (Å²) in [5.41, 5.74) is 3.05. The number of carbonyl (C=O) groups is 2. The fourth-order valence-corrected chi connectivity index (χ4v) is 4.87. The highest BCUT2D eigenvalue weighted by Crippen LogP contribution is 2.44. The van der Waals surface area contributed by atoms with Crippen LogP contribution in [-0.4, -0.2) is 45.8 Å². The quantitative estimate of drug-likeness (QED) is 0.594. The molecule has 0 fully saturated rings. The molecule has 31 heavy (non-hydrogen) atoms. The Kier molecular flexibility index (Phi) is 6.74. The van der Waals surface area contributed by atoms with E-state index < -0.39 is 5.97 Å². The Morgan fingerprint density at radius 2 is 1.97 bits per heavy atom. The highest BCUT2D eigenvalue weighted by Gasteiger charge is 2.33. The molecule has 8 nitrogen and oxygen atoms in total. The van der Waals surface area contributed by atoms with Crippen molar-refractivity contribution in [3.63, 3.8) is 0 Å². The predicted molar refractivity (Wildman–Crippen MR) is 126 cm³/mol. The maximum absolute atomic E-state index is 12.7. The number of aliphatic imine (C=N–C) groups is 1. The molecule has 9 heteroatoms. The highest BCUT2D eigenvalue weighted by atomic mass is 32.1. The topological polar surface area (TPSA) is 108 Å². The molecule has 2 N–H and O–H groups in total. The lowest BCUT2D eigenvalue weighted by molar-refractivity contribution is -0.110. The number of anilines is 2. The molecule has 1 atom stereocenters. The Morgan fingerprint density at radius 1 is 1.26 bits per heavy atom. The summed E-state index contributed by atoms with van der Waals surface area (Å²) in [7, 11) is 0. The van der Waals surface area contributed by atoms with Gasteiger partial charge in [-0.15, -0.1) is 11.3 Å². The second kappa shape index (κ2) is 9.13. The van der Waals surface area contributed by atoms with Gasteiger partial charge < -0.3 is 10.0 Å². The van der Waals surface area contributed by atoms with Gasteiger partial charge in [0.05, 0.1) is 5.39 Å². The lowest BCUT2D eigenvalue weighted by Gasteiger charge is -2.32. The Bertz CT molecular complexity index is 1100. The van der Waals surface area contributed by atoms with E-state index in [0.29, 0.717) is 27.8 Å². The third-order valence-corrected chi connectivity index (χ3v) is 6.67. The van der Waals surface area contributed by atoms with Crippen molar-refractivity contribution in [2.24, 2.45) is 4.99 Å². The minimum Gasteiger partial charge on any atom is -0.477 e. The maximum atomic E-state index is 12.7. The molecule has 3 heterocycles. The minimum atomic E-state index is -0.957. The van der Waals surface area contributed by atoms with E-state index in [1.807, 2.05) is 27.7 Å². The number of nitrogens with one attached hydrogen (secondary N) is 1. The molecular weight excluding hydrogens is 414 g/mol. The van der Waals surface area contributed by atoms with Gasteiger partial charge in [0.15, 0.2) is 0 Å². The van der Waals surface area contributed by atoms with E-state index in [1.165, 1.54) is 0 Å². The molecule has 0 aliphatic carbocycles. The lowest BCUT2D eigenvalue weighted by Crippen LogP contribution is -2.33. The summed E-state index contributed by atoms with van der Waals surface area (Å²) in [6, 6.07) is 0. The molecule has 0 bridgehead atoms. The number of amides is 1. The van der Waals surface area contributed by atoms with Crippen molar-refractivity contribution in [2.45, 2.75) is 60.3 Å². The number of carboxylic acids is 1. The summed E-state index contributed by atoms with van der Waals surface area (Å²) < 4.78 is 0.